The Morgan fingerprint density at radius 1 is 0.986 bits per heavy atom. The first-order valence-electron chi connectivity index (χ1n) is 24.4. The highest BCUT2D eigenvalue weighted by atomic mass is 35.5. The minimum absolute atomic E-state index is 0.0199. The molecule has 2 aromatic carbocycles. The van der Waals surface area contributed by atoms with Crippen LogP contribution in [-0.4, -0.2) is 116 Å². The summed E-state index contributed by atoms with van der Waals surface area (Å²) < 4.78 is 15.1. The molecule has 4 saturated heterocycles. The van der Waals surface area contributed by atoms with Crippen molar-refractivity contribution >= 4 is 75.4 Å². The zero-order valence-electron chi connectivity index (χ0n) is 40.0. The largest absolute Gasteiger partial charge is 0.404 e. The van der Waals surface area contributed by atoms with Gasteiger partial charge < -0.3 is 36.2 Å². The van der Waals surface area contributed by atoms with Gasteiger partial charge >= 0.3 is 0 Å². The first kappa shape index (κ1) is 49.5. The van der Waals surface area contributed by atoms with Crippen LogP contribution in [-0.2, 0) is 19.2 Å². The van der Waals surface area contributed by atoms with E-state index in [4.69, 9.17) is 32.3 Å². The van der Waals surface area contributed by atoms with Gasteiger partial charge in [-0.05, 0) is 106 Å². The normalized spacial score (nSPS) is 19.6. The number of rotatable bonds is 13. The number of amides is 4. The van der Waals surface area contributed by atoms with Crippen LogP contribution in [0.4, 0.5) is 27.3 Å². The molecule has 0 radical (unpaired) electrons. The highest BCUT2D eigenvalue weighted by Crippen LogP contribution is 2.39. The number of halogens is 2. The summed E-state index contributed by atoms with van der Waals surface area (Å²) >= 11 is 6.69. The number of allylic oxidation sites excluding steroid dienone is 1. The fourth-order valence-electron chi connectivity index (χ4n) is 10.1. The van der Waals surface area contributed by atoms with Gasteiger partial charge in [0.25, 0.3) is 0 Å². The van der Waals surface area contributed by atoms with Gasteiger partial charge in [-0.15, -0.1) is 0 Å². The predicted octanol–water partition coefficient (Wildman–Crippen LogP) is 6.09. The van der Waals surface area contributed by atoms with E-state index in [1.807, 2.05) is 31.2 Å². The quantitative estimate of drug-likeness (QED) is 0.0664. The Labute approximate surface area is 421 Å². The fraction of sp³-hybridized carbons (Fsp3) is 0.404. The lowest BCUT2D eigenvalue weighted by Gasteiger charge is -2.40. The molecule has 374 valence electrons. The number of pyridine rings is 1. The van der Waals surface area contributed by atoms with E-state index in [1.54, 1.807) is 46.2 Å². The number of hydrogen-bond donors (Lipinski definition) is 5. The Kier molecular flexibility index (Phi) is 14.5. The van der Waals surface area contributed by atoms with Gasteiger partial charge in [0.2, 0.25) is 23.6 Å². The zero-order chi connectivity index (χ0) is 50.6. The number of aromatic nitrogens is 4. The number of anilines is 4. The number of aliphatic imine (C=N–C) groups is 1. The standard InChI is InChI=1S/C52H57ClFN13O5/c1-2-51(50(71)61-38-6-4-36(54)5-7-38)15-21-65(22-16-51)44-11-3-33(29-58-44)47-48-35(28-56)31-59-67(48)32-42(62-47)34(27-55)30-57-37-13-19-66(20-14-37)46(69)26-52(72)17-23-64(24-18-52)43-10-8-39(25-40(43)53)60-41-9-12-45(68)63-49(41)70/h3-8,10-11,25,27,29-32,37,41,60,72H,2,9,12-24,26,55H2,1H3,(H,61,71)(H,63,68,70). The number of nitriles is 1. The van der Waals surface area contributed by atoms with Crippen molar-refractivity contribution in [1.29, 1.82) is 5.26 Å². The van der Waals surface area contributed by atoms with E-state index in [9.17, 15) is 33.9 Å². The number of nitrogens with one attached hydrogen (secondary N) is 3. The van der Waals surface area contributed by atoms with Crippen molar-refractivity contribution in [1.82, 2.24) is 29.8 Å². The average molecular weight is 999 g/mol. The van der Waals surface area contributed by atoms with E-state index < -0.39 is 17.1 Å². The Morgan fingerprint density at radius 2 is 1.71 bits per heavy atom. The average Bonchev–Trinajstić information content (AvgIpc) is 3.82. The number of benzene rings is 2. The molecule has 7 heterocycles. The first-order chi connectivity index (χ1) is 34.8. The third-order valence-corrected chi connectivity index (χ3v) is 15.0. The van der Waals surface area contributed by atoms with E-state index in [1.165, 1.54) is 24.5 Å². The van der Waals surface area contributed by atoms with Gasteiger partial charge in [-0.1, -0.05) is 18.5 Å². The van der Waals surface area contributed by atoms with Crippen molar-refractivity contribution in [3.63, 3.8) is 0 Å². The van der Waals surface area contributed by atoms with Crippen LogP contribution in [0.15, 0.2) is 84.4 Å². The third-order valence-electron chi connectivity index (χ3n) is 14.7. The molecule has 1 atom stereocenters. The summed E-state index contributed by atoms with van der Waals surface area (Å²) in [5, 5.41) is 35.0. The van der Waals surface area contributed by atoms with Crippen molar-refractivity contribution in [2.24, 2.45) is 16.1 Å². The number of imide groups is 1. The maximum atomic E-state index is 13.6. The summed E-state index contributed by atoms with van der Waals surface area (Å²) in [7, 11) is 0. The molecule has 1 unspecified atom stereocenters. The molecule has 5 aromatic rings. The van der Waals surface area contributed by atoms with Crippen molar-refractivity contribution in [2.45, 2.75) is 88.8 Å². The predicted molar refractivity (Wildman–Crippen MR) is 273 cm³/mol. The number of likely N-dealkylation sites (tertiary alicyclic amines) is 1. The van der Waals surface area contributed by atoms with Crippen LogP contribution in [0, 0.1) is 22.6 Å². The topological polar surface area (TPSA) is 240 Å². The molecule has 9 rings (SSSR count). The zero-order valence-corrected chi connectivity index (χ0v) is 40.7. The summed E-state index contributed by atoms with van der Waals surface area (Å²) in [5.41, 5.74) is 9.56. The van der Waals surface area contributed by atoms with Crippen LogP contribution in [0.1, 0.15) is 82.4 Å². The van der Waals surface area contributed by atoms with Gasteiger partial charge in [0.05, 0.1) is 58.0 Å². The van der Waals surface area contributed by atoms with Crippen molar-refractivity contribution in [3.8, 4) is 17.3 Å². The Hall–Kier alpha value is -7.43. The van der Waals surface area contributed by atoms with E-state index in [0.29, 0.717) is 141 Å². The summed E-state index contributed by atoms with van der Waals surface area (Å²) in [4.78, 5) is 71.5. The number of nitrogens with two attached hydrogens (primary N) is 1. The number of aliphatic hydroxyl groups is 1. The van der Waals surface area contributed by atoms with Crippen LogP contribution < -0.4 is 31.5 Å². The molecular formula is C52H57ClFN13O5. The Morgan fingerprint density at radius 3 is 2.36 bits per heavy atom. The van der Waals surface area contributed by atoms with Crippen LogP contribution in [0.3, 0.4) is 0 Å². The molecule has 0 bridgehead atoms. The SMILES string of the molecule is CCC1(C(=O)Nc2ccc(F)cc2)CCN(c2ccc(-c3nc(C(C=NC4CCN(C(=O)CC5(O)CCN(c6ccc(NC7CCC(=O)NC7=O)cc6Cl)CC5)CC4)=CN)cn4ncc(C#N)c34)cn2)CC1. The lowest BCUT2D eigenvalue weighted by atomic mass is 9.75. The maximum absolute atomic E-state index is 13.6. The van der Waals surface area contributed by atoms with Crippen molar-refractivity contribution in [2.75, 3.05) is 59.7 Å². The number of nitrogens with zero attached hydrogens (tertiary/aromatic N) is 9. The molecule has 18 nitrogen and oxygen atoms in total. The van der Waals surface area contributed by atoms with Crippen molar-refractivity contribution in [3.05, 3.63) is 101 Å². The smallest absolute Gasteiger partial charge is 0.249 e. The molecule has 0 spiro atoms. The van der Waals surface area contributed by atoms with E-state index in [0.717, 1.165) is 11.5 Å². The summed E-state index contributed by atoms with van der Waals surface area (Å²) in [6.45, 7) is 5.24. The highest BCUT2D eigenvalue weighted by molar-refractivity contribution is 6.33. The molecule has 0 saturated carbocycles. The fourth-order valence-corrected chi connectivity index (χ4v) is 10.4. The van der Waals surface area contributed by atoms with Crippen LogP contribution in [0.2, 0.25) is 5.02 Å². The number of carbonyl (C=O) groups is 4. The second kappa shape index (κ2) is 21.1. The molecule has 4 amide bonds. The number of piperidine rings is 4. The van der Waals surface area contributed by atoms with Gasteiger partial charge in [-0.2, -0.15) is 10.4 Å². The van der Waals surface area contributed by atoms with E-state index in [-0.39, 0.29) is 48.3 Å². The molecule has 4 aliphatic heterocycles. The van der Waals surface area contributed by atoms with Gasteiger partial charge in [0.15, 0.2) is 0 Å². The molecule has 4 fully saturated rings. The second-order valence-corrected chi connectivity index (χ2v) is 19.5. The lowest BCUT2D eigenvalue weighted by molar-refractivity contribution is -0.138. The summed E-state index contributed by atoms with van der Waals surface area (Å²) in [6.07, 6.45) is 12.7. The number of hydrogen-bond acceptors (Lipinski definition) is 14. The molecular weight excluding hydrogens is 941 g/mol. The molecule has 0 aliphatic carbocycles. The monoisotopic (exact) mass is 997 g/mol. The van der Waals surface area contributed by atoms with Crippen LogP contribution in [0.5, 0.6) is 0 Å². The molecule has 6 N–H and O–H groups in total. The van der Waals surface area contributed by atoms with Gasteiger partial charge in [-0.25, -0.2) is 18.9 Å². The van der Waals surface area contributed by atoms with Crippen molar-refractivity contribution < 1.29 is 28.7 Å². The Balaban J connectivity index is 0.784. The molecule has 72 heavy (non-hydrogen) atoms. The lowest BCUT2D eigenvalue weighted by Crippen LogP contribution is -2.49. The number of carbonyl (C=O) groups excluding carboxylic acids is 4. The highest BCUT2D eigenvalue weighted by Gasteiger charge is 2.41. The van der Waals surface area contributed by atoms with Gasteiger partial charge in [-0.3, -0.25) is 29.5 Å². The van der Waals surface area contributed by atoms with Crippen LogP contribution in [0.25, 0.3) is 22.3 Å². The van der Waals surface area contributed by atoms with Gasteiger partial charge in [0.1, 0.15) is 34.8 Å². The van der Waals surface area contributed by atoms with Gasteiger partial charge in [0, 0.05) is 86.8 Å². The minimum Gasteiger partial charge on any atom is -0.404 e. The summed E-state index contributed by atoms with van der Waals surface area (Å²) in [5.74, 6) is -0.425. The van der Waals surface area contributed by atoms with Crippen LogP contribution >= 0.6 is 11.6 Å². The second-order valence-electron chi connectivity index (χ2n) is 19.1. The molecule has 3 aromatic heterocycles. The molecule has 20 heteroatoms. The molecule has 4 aliphatic rings. The maximum Gasteiger partial charge on any atom is 0.249 e. The number of fused-ring (bicyclic) bond motifs is 1. The van der Waals surface area contributed by atoms with E-state index >= 15 is 0 Å². The van der Waals surface area contributed by atoms with E-state index in [2.05, 4.69) is 36.9 Å². The minimum atomic E-state index is -1.15. The Bertz CT molecular complexity index is 2950. The summed E-state index contributed by atoms with van der Waals surface area (Å²) in [6, 6.07) is 16.7. The third kappa shape index (κ3) is 10.7. The first-order valence-corrected chi connectivity index (χ1v) is 24.8.